The van der Waals surface area contributed by atoms with Crippen molar-refractivity contribution in [3.05, 3.63) is 73.8 Å². The number of nitro groups is 1. The molecule has 2 aromatic rings. The van der Waals surface area contributed by atoms with Crippen molar-refractivity contribution >= 4 is 17.4 Å². The summed E-state index contributed by atoms with van der Waals surface area (Å²) in [6.07, 6.45) is 2.09. The van der Waals surface area contributed by atoms with Gasteiger partial charge < -0.3 is 4.74 Å². The van der Waals surface area contributed by atoms with Gasteiger partial charge in [-0.15, -0.1) is 0 Å². The van der Waals surface area contributed by atoms with Crippen LogP contribution in [0.5, 0.6) is 0 Å². The van der Waals surface area contributed by atoms with E-state index < -0.39 is 16.6 Å². The van der Waals surface area contributed by atoms with Gasteiger partial charge in [0.1, 0.15) is 5.56 Å². The lowest BCUT2D eigenvalue weighted by Gasteiger charge is -2.42. The smallest absolute Gasteiger partial charge is 0.344 e. The highest BCUT2D eigenvalue weighted by atomic mass is 16.6. The van der Waals surface area contributed by atoms with Crippen LogP contribution in [0.2, 0.25) is 0 Å². The molecule has 0 saturated heterocycles. The van der Waals surface area contributed by atoms with E-state index in [4.69, 9.17) is 0 Å². The molecule has 0 spiro atoms. The number of fused-ring (bicyclic) bond motifs is 1. The maximum Gasteiger partial charge on any atom is 0.344 e. The minimum Gasteiger partial charge on any atom is -0.465 e. The van der Waals surface area contributed by atoms with Crippen molar-refractivity contribution in [2.24, 2.45) is 0 Å². The van der Waals surface area contributed by atoms with Crippen LogP contribution in [0.4, 0.5) is 5.69 Å². The number of methoxy groups -OCH3 is 1. The number of carbonyl (C=O) groups excluding carboxylic acids is 2. The Labute approximate surface area is 176 Å². The van der Waals surface area contributed by atoms with Gasteiger partial charge in [0.15, 0.2) is 5.78 Å². The predicted octanol–water partition coefficient (Wildman–Crippen LogP) is 5.27. The zero-order valence-electron chi connectivity index (χ0n) is 18.3. The number of rotatable bonds is 4. The van der Waals surface area contributed by atoms with E-state index in [0.29, 0.717) is 5.56 Å². The van der Waals surface area contributed by atoms with Crippen LogP contribution in [0.1, 0.15) is 83.5 Å². The molecule has 0 unspecified atom stereocenters. The molecule has 0 bridgehead atoms. The van der Waals surface area contributed by atoms with Gasteiger partial charge in [0, 0.05) is 17.2 Å². The lowest BCUT2D eigenvalue weighted by molar-refractivity contribution is -0.385. The van der Waals surface area contributed by atoms with Crippen molar-refractivity contribution in [1.29, 1.82) is 0 Å². The number of ketones is 1. The summed E-state index contributed by atoms with van der Waals surface area (Å²) in [5, 5.41) is 11.5. The Morgan fingerprint density at radius 1 is 0.967 bits per heavy atom. The number of aryl methyl sites for hydroxylation is 1. The van der Waals surface area contributed by atoms with Crippen LogP contribution < -0.4 is 0 Å². The standard InChI is InChI=1S/C24H27NO5/c1-14-11-18-19(24(4,5)10-9-23(18,2)3)13-17(14)21(26)15-7-8-16(22(27)30-6)20(12-15)25(28)29/h7-8,11-13H,9-10H2,1-6H3. The third-order valence-electron chi connectivity index (χ3n) is 6.30. The molecular formula is C24H27NO5. The molecule has 1 aliphatic carbocycles. The Bertz CT molecular complexity index is 1070. The number of esters is 1. The first-order valence-electron chi connectivity index (χ1n) is 9.96. The van der Waals surface area contributed by atoms with Crippen molar-refractivity contribution in [2.75, 3.05) is 7.11 Å². The molecule has 2 aromatic carbocycles. The summed E-state index contributed by atoms with van der Waals surface area (Å²) >= 11 is 0. The van der Waals surface area contributed by atoms with E-state index in [0.717, 1.165) is 37.1 Å². The predicted molar refractivity (Wildman–Crippen MR) is 114 cm³/mol. The molecule has 0 aromatic heterocycles. The monoisotopic (exact) mass is 409 g/mol. The third-order valence-corrected chi connectivity index (χ3v) is 6.30. The van der Waals surface area contributed by atoms with Crippen LogP contribution in [0.25, 0.3) is 0 Å². The average molecular weight is 409 g/mol. The second-order valence-electron chi connectivity index (χ2n) is 9.29. The van der Waals surface area contributed by atoms with E-state index in [2.05, 4.69) is 38.5 Å². The van der Waals surface area contributed by atoms with Crippen LogP contribution in [-0.2, 0) is 15.6 Å². The van der Waals surface area contributed by atoms with Gasteiger partial charge in [0.25, 0.3) is 5.69 Å². The van der Waals surface area contributed by atoms with E-state index in [1.807, 2.05) is 13.0 Å². The molecule has 0 atom stereocenters. The van der Waals surface area contributed by atoms with Crippen LogP contribution in [0.15, 0.2) is 30.3 Å². The molecule has 0 heterocycles. The largest absolute Gasteiger partial charge is 0.465 e. The van der Waals surface area contributed by atoms with Crippen LogP contribution in [-0.4, -0.2) is 23.8 Å². The molecule has 0 saturated carbocycles. The molecule has 6 nitrogen and oxygen atoms in total. The summed E-state index contributed by atoms with van der Waals surface area (Å²) in [5.74, 6) is -1.11. The first-order chi connectivity index (χ1) is 13.9. The van der Waals surface area contributed by atoms with Crippen molar-refractivity contribution in [2.45, 2.75) is 58.3 Å². The lowest BCUT2D eigenvalue weighted by Crippen LogP contribution is -2.34. The fraction of sp³-hybridized carbons (Fsp3) is 0.417. The highest BCUT2D eigenvalue weighted by molar-refractivity contribution is 6.11. The Balaban J connectivity index is 2.14. The van der Waals surface area contributed by atoms with Gasteiger partial charge >= 0.3 is 5.97 Å². The second-order valence-corrected chi connectivity index (χ2v) is 9.29. The molecule has 6 heteroatoms. The Hall–Kier alpha value is -3.02. The highest BCUT2D eigenvalue weighted by Crippen LogP contribution is 2.46. The Morgan fingerprint density at radius 3 is 2.07 bits per heavy atom. The zero-order chi connectivity index (χ0) is 22.4. The maximum absolute atomic E-state index is 13.3. The van der Waals surface area contributed by atoms with Gasteiger partial charge in [-0.25, -0.2) is 4.79 Å². The fourth-order valence-electron chi connectivity index (χ4n) is 4.23. The average Bonchev–Trinajstić information content (AvgIpc) is 2.69. The second kappa shape index (κ2) is 7.35. The van der Waals surface area contributed by atoms with Gasteiger partial charge in [0.05, 0.1) is 12.0 Å². The number of hydrogen-bond acceptors (Lipinski definition) is 5. The first-order valence-corrected chi connectivity index (χ1v) is 9.96. The topological polar surface area (TPSA) is 86.5 Å². The molecule has 1 aliphatic rings. The minimum atomic E-state index is -0.811. The summed E-state index contributed by atoms with van der Waals surface area (Å²) in [6, 6.07) is 7.91. The molecule has 0 aliphatic heterocycles. The van der Waals surface area contributed by atoms with Crippen molar-refractivity contribution in [3.8, 4) is 0 Å². The summed E-state index contributed by atoms with van der Waals surface area (Å²) in [6.45, 7) is 10.7. The summed E-state index contributed by atoms with van der Waals surface area (Å²) in [4.78, 5) is 35.9. The fourth-order valence-corrected chi connectivity index (χ4v) is 4.23. The molecular weight excluding hydrogens is 382 g/mol. The van der Waals surface area contributed by atoms with E-state index in [-0.39, 0.29) is 27.7 Å². The van der Waals surface area contributed by atoms with E-state index in [1.54, 1.807) is 0 Å². The summed E-state index contributed by atoms with van der Waals surface area (Å²) < 4.78 is 4.61. The highest BCUT2D eigenvalue weighted by Gasteiger charge is 2.38. The SMILES string of the molecule is COC(=O)c1ccc(C(=O)c2cc3c(cc2C)C(C)(C)CCC3(C)C)cc1[N+](=O)[O-]. The minimum absolute atomic E-state index is 0.0259. The molecule has 3 rings (SSSR count). The van der Waals surface area contributed by atoms with Gasteiger partial charge in [-0.05, 0) is 65.5 Å². The molecule has 0 N–H and O–H groups in total. The normalized spacial score (nSPS) is 16.5. The van der Waals surface area contributed by atoms with Gasteiger partial charge in [-0.3, -0.25) is 14.9 Å². The molecule has 158 valence electrons. The van der Waals surface area contributed by atoms with Crippen LogP contribution in [0.3, 0.4) is 0 Å². The van der Waals surface area contributed by atoms with Crippen LogP contribution >= 0.6 is 0 Å². The van der Waals surface area contributed by atoms with E-state index in [1.165, 1.54) is 17.7 Å². The van der Waals surface area contributed by atoms with Crippen molar-refractivity contribution in [1.82, 2.24) is 0 Å². The van der Waals surface area contributed by atoms with E-state index in [9.17, 15) is 19.7 Å². The number of nitrogens with zero attached hydrogens (tertiary/aromatic N) is 1. The summed E-state index contributed by atoms with van der Waals surface area (Å²) in [5.41, 5.74) is 3.28. The lowest BCUT2D eigenvalue weighted by atomic mass is 9.62. The van der Waals surface area contributed by atoms with Gasteiger partial charge in [0.2, 0.25) is 0 Å². The van der Waals surface area contributed by atoms with E-state index >= 15 is 0 Å². The number of ether oxygens (including phenoxy) is 1. The van der Waals surface area contributed by atoms with Gasteiger partial charge in [-0.1, -0.05) is 33.8 Å². The van der Waals surface area contributed by atoms with Crippen molar-refractivity contribution < 1.29 is 19.2 Å². The van der Waals surface area contributed by atoms with Gasteiger partial charge in [-0.2, -0.15) is 0 Å². The molecule has 0 amide bonds. The van der Waals surface area contributed by atoms with Crippen LogP contribution in [0, 0.1) is 17.0 Å². The summed E-state index contributed by atoms with van der Waals surface area (Å²) in [7, 11) is 1.16. The Morgan fingerprint density at radius 2 is 1.53 bits per heavy atom. The first kappa shape index (κ1) is 21.7. The quantitative estimate of drug-likeness (QED) is 0.297. The number of nitro benzene ring substituents is 1. The zero-order valence-corrected chi connectivity index (χ0v) is 18.3. The number of benzene rings is 2. The Kier molecular flexibility index (Phi) is 5.31. The molecule has 0 radical (unpaired) electrons. The van der Waals surface area contributed by atoms with Crippen molar-refractivity contribution in [3.63, 3.8) is 0 Å². The molecule has 0 fully saturated rings. The number of hydrogen-bond donors (Lipinski definition) is 0. The maximum atomic E-state index is 13.3. The molecule has 30 heavy (non-hydrogen) atoms. The third kappa shape index (κ3) is 3.62. The number of carbonyl (C=O) groups is 2.